The second-order valence-corrected chi connectivity index (χ2v) is 8.20. The summed E-state index contributed by atoms with van der Waals surface area (Å²) in [5, 5.41) is 2.74. The maximum atomic E-state index is 12.7. The molecule has 0 radical (unpaired) electrons. The van der Waals surface area contributed by atoms with E-state index >= 15 is 0 Å². The summed E-state index contributed by atoms with van der Waals surface area (Å²) < 4.78 is 30.6. The van der Waals surface area contributed by atoms with E-state index in [0.717, 1.165) is 4.31 Å². The van der Waals surface area contributed by atoms with Crippen LogP contribution in [0.1, 0.15) is 10.4 Å². The Morgan fingerprint density at radius 2 is 1.89 bits per heavy atom. The molecule has 1 heterocycles. The first-order chi connectivity index (χ1) is 12.8. The molecule has 27 heavy (non-hydrogen) atoms. The first-order valence-corrected chi connectivity index (χ1v) is 9.62. The first-order valence-electron chi connectivity index (χ1n) is 8.18. The molecular weight excluding hydrogens is 370 g/mol. The van der Waals surface area contributed by atoms with E-state index in [0.29, 0.717) is 17.9 Å². The van der Waals surface area contributed by atoms with Crippen LogP contribution in [0.15, 0.2) is 53.4 Å². The molecular formula is C18H19N3O5S. The van der Waals surface area contributed by atoms with Crippen molar-refractivity contribution in [2.45, 2.75) is 4.90 Å². The predicted molar refractivity (Wildman–Crippen MR) is 100 cm³/mol. The Hall–Kier alpha value is -2.91. The van der Waals surface area contributed by atoms with E-state index in [2.05, 4.69) is 5.32 Å². The topological polar surface area (TPSA) is 96.0 Å². The fourth-order valence-corrected chi connectivity index (χ4v) is 3.58. The molecule has 0 unspecified atom stereocenters. The lowest BCUT2D eigenvalue weighted by atomic mass is 10.2. The average Bonchev–Trinajstić information content (AvgIpc) is 3.08. The molecule has 142 valence electrons. The summed E-state index contributed by atoms with van der Waals surface area (Å²) in [5.41, 5.74) is 1.14. The first kappa shape index (κ1) is 18.9. The number of anilines is 2. The van der Waals surface area contributed by atoms with Crippen molar-refractivity contribution >= 4 is 33.4 Å². The van der Waals surface area contributed by atoms with E-state index in [1.165, 1.54) is 43.3 Å². The summed E-state index contributed by atoms with van der Waals surface area (Å²) in [6.45, 7) is 0.674. The third-order valence-electron chi connectivity index (χ3n) is 4.08. The molecule has 2 amide bonds. The van der Waals surface area contributed by atoms with E-state index < -0.39 is 22.0 Å². The van der Waals surface area contributed by atoms with Gasteiger partial charge in [0.15, 0.2) is 0 Å². The van der Waals surface area contributed by atoms with Crippen molar-refractivity contribution in [3.05, 3.63) is 54.1 Å². The van der Waals surface area contributed by atoms with Crippen LogP contribution in [0, 0.1) is 0 Å². The molecule has 0 spiro atoms. The second kappa shape index (κ2) is 7.37. The van der Waals surface area contributed by atoms with Crippen molar-refractivity contribution in [3.63, 3.8) is 0 Å². The van der Waals surface area contributed by atoms with Crippen LogP contribution in [-0.4, -0.2) is 52.0 Å². The van der Waals surface area contributed by atoms with Gasteiger partial charge in [-0.1, -0.05) is 18.2 Å². The third kappa shape index (κ3) is 3.79. The zero-order valence-corrected chi connectivity index (χ0v) is 15.7. The normalized spacial score (nSPS) is 14.3. The van der Waals surface area contributed by atoms with Crippen LogP contribution < -0.4 is 10.2 Å². The van der Waals surface area contributed by atoms with Gasteiger partial charge in [0.05, 0.1) is 22.8 Å². The van der Waals surface area contributed by atoms with Crippen molar-refractivity contribution in [3.8, 4) is 0 Å². The van der Waals surface area contributed by atoms with Crippen LogP contribution in [0.5, 0.6) is 0 Å². The van der Waals surface area contributed by atoms with E-state index in [1.54, 1.807) is 24.3 Å². The number of para-hydroxylation sites is 2. The Labute approximate surface area is 157 Å². The number of rotatable bonds is 5. The van der Waals surface area contributed by atoms with Crippen LogP contribution >= 0.6 is 0 Å². The van der Waals surface area contributed by atoms with Gasteiger partial charge >= 0.3 is 6.09 Å². The van der Waals surface area contributed by atoms with Gasteiger partial charge in [-0.3, -0.25) is 9.69 Å². The molecule has 0 bridgehead atoms. The van der Waals surface area contributed by atoms with Crippen LogP contribution in [0.25, 0.3) is 0 Å². The smallest absolute Gasteiger partial charge is 0.414 e. The highest BCUT2D eigenvalue weighted by atomic mass is 32.2. The number of ether oxygens (including phenoxy) is 1. The Balaban J connectivity index is 1.88. The molecule has 1 N–H and O–H groups in total. The van der Waals surface area contributed by atoms with Gasteiger partial charge in [-0.15, -0.1) is 0 Å². The quantitative estimate of drug-likeness (QED) is 0.845. The Kier molecular flexibility index (Phi) is 5.15. The molecule has 3 rings (SSSR count). The van der Waals surface area contributed by atoms with Gasteiger partial charge in [0.2, 0.25) is 10.0 Å². The minimum absolute atomic E-state index is 0.0246. The fraction of sp³-hybridized carbons (Fsp3) is 0.222. The Morgan fingerprint density at radius 3 is 2.56 bits per heavy atom. The van der Waals surface area contributed by atoms with Gasteiger partial charge in [0.25, 0.3) is 5.91 Å². The highest BCUT2D eigenvalue weighted by molar-refractivity contribution is 7.89. The highest BCUT2D eigenvalue weighted by Gasteiger charge is 2.26. The lowest BCUT2D eigenvalue weighted by Gasteiger charge is -2.18. The molecule has 1 aliphatic rings. The lowest BCUT2D eigenvalue weighted by Crippen LogP contribution is -2.25. The lowest BCUT2D eigenvalue weighted by molar-refractivity contribution is 0.102. The van der Waals surface area contributed by atoms with Crippen LogP contribution in [-0.2, 0) is 14.8 Å². The molecule has 1 fully saturated rings. The number of hydrogen-bond donors (Lipinski definition) is 1. The summed E-state index contributed by atoms with van der Waals surface area (Å²) in [6.07, 6.45) is -0.476. The van der Waals surface area contributed by atoms with E-state index in [9.17, 15) is 18.0 Å². The number of carbonyl (C=O) groups is 2. The van der Waals surface area contributed by atoms with E-state index in [4.69, 9.17) is 4.74 Å². The molecule has 1 saturated heterocycles. The minimum Gasteiger partial charge on any atom is -0.447 e. The summed E-state index contributed by atoms with van der Waals surface area (Å²) in [5.74, 6) is -0.481. The molecule has 0 aromatic heterocycles. The van der Waals surface area contributed by atoms with E-state index in [1.807, 2.05) is 0 Å². The van der Waals surface area contributed by atoms with Crippen molar-refractivity contribution in [1.82, 2.24) is 4.31 Å². The SMILES string of the molecule is CN(C)S(=O)(=O)c1cccc(C(=O)Nc2ccccc2N2CCOC2=O)c1. The molecule has 1 aliphatic heterocycles. The van der Waals surface area contributed by atoms with Gasteiger partial charge in [0.1, 0.15) is 6.61 Å². The van der Waals surface area contributed by atoms with Crippen molar-refractivity contribution in [2.75, 3.05) is 37.5 Å². The molecule has 0 aliphatic carbocycles. The van der Waals surface area contributed by atoms with Gasteiger partial charge in [-0.25, -0.2) is 17.5 Å². The molecule has 9 heteroatoms. The molecule has 8 nitrogen and oxygen atoms in total. The van der Waals surface area contributed by atoms with Crippen molar-refractivity contribution < 1.29 is 22.7 Å². The van der Waals surface area contributed by atoms with Gasteiger partial charge in [-0.2, -0.15) is 0 Å². The van der Waals surface area contributed by atoms with Crippen molar-refractivity contribution in [1.29, 1.82) is 0 Å². The summed E-state index contributed by atoms with van der Waals surface area (Å²) in [4.78, 5) is 25.9. The number of nitrogens with zero attached hydrogens (tertiary/aromatic N) is 2. The highest BCUT2D eigenvalue weighted by Crippen LogP contribution is 2.28. The number of sulfonamides is 1. The molecule has 0 saturated carbocycles. The molecule has 2 aromatic rings. The standard InChI is InChI=1S/C18H19N3O5S/c1-20(2)27(24,25)14-7-5-6-13(12-14)17(22)19-15-8-3-4-9-16(15)21-10-11-26-18(21)23/h3-9,12H,10-11H2,1-2H3,(H,19,22). The minimum atomic E-state index is -3.65. The predicted octanol–water partition coefficient (Wildman–Crippen LogP) is 2.15. The third-order valence-corrected chi connectivity index (χ3v) is 5.89. The Morgan fingerprint density at radius 1 is 1.15 bits per heavy atom. The molecule has 0 atom stereocenters. The fourth-order valence-electron chi connectivity index (χ4n) is 2.63. The number of hydrogen-bond acceptors (Lipinski definition) is 5. The summed E-state index contributed by atoms with van der Waals surface area (Å²) >= 11 is 0. The largest absolute Gasteiger partial charge is 0.447 e. The number of amides is 2. The Bertz CT molecular complexity index is 988. The average molecular weight is 389 g/mol. The maximum Gasteiger partial charge on any atom is 0.414 e. The second-order valence-electron chi connectivity index (χ2n) is 6.05. The van der Waals surface area contributed by atoms with Crippen LogP contribution in [0.2, 0.25) is 0 Å². The number of cyclic esters (lactones) is 1. The summed E-state index contributed by atoms with van der Waals surface area (Å²) in [7, 11) is -0.802. The van der Waals surface area contributed by atoms with E-state index in [-0.39, 0.29) is 17.1 Å². The van der Waals surface area contributed by atoms with Crippen LogP contribution in [0.3, 0.4) is 0 Å². The molecule has 2 aromatic carbocycles. The van der Waals surface area contributed by atoms with Crippen molar-refractivity contribution in [2.24, 2.45) is 0 Å². The maximum absolute atomic E-state index is 12.7. The number of nitrogens with one attached hydrogen (secondary N) is 1. The number of benzene rings is 2. The van der Waals surface area contributed by atoms with Gasteiger partial charge < -0.3 is 10.1 Å². The van der Waals surface area contributed by atoms with Gasteiger partial charge in [-0.05, 0) is 30.3 Å². The van der Waals surface area contributed by atoms with Gasteiger partial charge in [0, 0.05) is 19.7 Å². The zero-order chi connectivity index (χ0) is 19.6. The monoisotopic (exact) mass is 389 g/mol. The number of carbonyl (C=O) groups excluding carboxylic acids is 2. The summed E-state index contributed by atoms with van der Waals surface area (Å²) in [6, 6.07) is 12.6. The zero-order valence-electron chi connectivity index (χ0n) is 14.9. The van der Waals surface area contributed by atoms with Crippen LogP contribution in [0.4, 0.5) is 16.2 Å².